The van der Waals surface area contributed by atoms with Gasteiger partial charge in [0.1, 0.15) is 10.8 Å². The molecule has 2 amide bonds. The zero-order valence-electron chi connectivity index (χ0n) is 11.7. The fourth-order valence-electron chi connectivity index (χ4n) is 1.72. The molecule has 1 aromatic rings. The third-order valence-electron chi connectivity index (χ3n) is 3.02. The van der Waals surface area contributed by atoms with Crippen molar-refractivity contribution < 1.29 is 9.59 Å². The van der Waals surface area contributed by atoms with Crippen LogP contribution in [0.15, 0.2) is 12.4 Å². The van der Waals surface area contributed by atoms with E-state index >= 15 is 0 Å². The van der Waals surface area contributed by atoms with Crippen molar-refractivity contribution in [1.29, 1.82) is 0 Å². The Balaban J connectivity index is 1.86. The molecule has 1 aliphatic heterocycles. The average Bonchev–Trinajstić information content (AvgIpc) is 2.32. The Morgan fingerprint density at radius 2 is 1.95 bits per heavy atom. The molecule has 0 aliphatic carbocycles. The summed E-state index contributed by atoms with van der Waals surface area (Å²) in [6, 6.07) is 0.00549. The molecule has 1 fully saturated rings. The lowest BCUT2D eigenvalue weighted by Gasteiger charge is -2.40. The molecule has 0 aromatic carbocycles. The first kappa shape index (κ1) is 14.7. The molecule has 1 aromatic heterocycles. The summed E-state index contributed by atoms with van der Waals surface area (Å²) in [6.45, 7) is 6.55. The number of halogens is 1. The van der Waals surface area contributed by atoms with E-state index in [1.165, 1.54) is 12.4 Å². The third kappa shape index (κ3) is 3.25. The molecule has 0 bridgehead atoms. The minimum Gasteiger partial charge on any atom is -0.349 e. The van der Waals surface area contributed by atoms with Crippen LogP contribution >= 0.6 is 11.6 Å². The summed E-state index contributed by atoms with van der Waals surface area (Å²) in [5, 5.41) is 3.16. The highest BCUT2D eigenvalue weighted by Crippen LogP contribution is 2.17. The predicted molar refractivity (Wildman–Crippen MR) is 74.3 cm³/mol. The van der Waals surface area contributed by atoms with Gasteiger partial charge in [-0.2, -0.15) is 0 Å². The highest BCUT2D eigenvalue weighted by atomic mass is 35.5. The molecular formula is C13H17ClN4O2. The van der Waals surface area contributed by atoms with Gasteiger partial charge < -0.3 is 10.2 Å². The second-order valence-electron chi connectivity index (χ2n) is 5.85. The van der Waals surface area contributed by atoms with E-state index < -0.39 is 5.41 Å². The largest absolute Gasteiger partial charge is 0.349 e. The molecular weight excluding hydrogens is 280 g/mol. The van der Waals surface area contributed by atoms with Crippen LogP contribution in [0, 0.1) is 5.41 Å². The van der Waals surface area contributed by atoms with E-state index in [1.54, 1.807) is 4.90 Å². The number of hydrogen-bond donors (Lipinski definition) is 1. The van der Waals surface area contributed by atoms with E-state index in [-0.39, 0.29) is 28.7 Å². The minimum absolute atomic E-state index is 0.00549. The van der Waals surface area contributed by atoms with Crippen LogP contribution in [0.4, 0.5) is 0 Å². The SMILES string of the molecule is CC(C)(C)C(=O)NC1CN(C(=O)c2cnc(Cl)cn2)C1. The topological polar surface area (TPSA) is 75.2 Å². The van der Waals surface area contributed by atoms with Crippen molar-refractivity contribution in [3.8, 4) is 0 Å². The molecule has 20 heavy (non-hydrogen) atoms. The number of nitrogens with one attached hydrogen (secondary N) is 1. The van der Waals surface area contributed by atoms with Gasteiger partial charge in [0.2, 0.25) is 5.91 Å². The lowest BCUT2D eigenvalue weighted by molar-refractivity contribution is -0.130. The van der Waals surface area contributed by atoms with E-state index in [1.807, 2.05) is 20.8 Å². The van der Waals surface area contributed by atoms with Gasteiger partial charge in [0.05, 0.1) is 18.4 Å². The number of aromatic nitrogens is 2. The van der Waals surface area contributed by atoms with Crippen LogP contribution in [0.25, 0.3) is 0 Å². The van der Waals surface area contributed by atoms with Crippen LogP contribution in [0.2, 0.25) is 5.15 Å². The summed E-state index contributed by atoms with van der Waals surface area (Å²) in [5.41, 5.74) is -0.165. The maximum absolute atomic E-state index is 12.0. The molecule has 1 saturated heterocycles. The maximum atomic E-state index is 12.0. The molecule has 0 spiro atoms. The monoisotopic (exact) mass is 296 g/mol. The first-order chi connectivity index (χ1) is 9.27. The highest BCUT2D eigenvalue weighted by molar-refractivity contribution is 6.29. The Bertz CT molecular complexity index is 518. The Labute approximate surface area is 122 Å². The maximum Gasteiger partial charge on any atom is 0.274 e. The quantitative estimate of drug-likeness (QED) is 0.887. The number of carbonyl (C=O) groups is 2. The number of rotatable bonds is 2. The van der Waals surface area contributed by atoms with Crippen molar-refractivity contribution in [3.05, 3.63) is 23.2 Å². The number of carbonyl (C=O) groups excluding carboxylic acids is 2. The zero-order chi connectivity index (χ0) is 14.9. The summed E-state index contributed by atoms with van der Waals surface area (Å²) >= 11 is 5.62. The Morgan fingerprint density at radius 3 is 2.45 bits per heavy atom. The molecule has 1 N–H and O–H groups in total. The van der Waals surface area contributed by atoms with E-state index in [0.29, 0.717) is 13.1 Å². The second kappa shape index (κ2) is 5.36. The second-order valence-corrected chi connectivity index (χ2v) is 6.24. The predicted octanol–water partition coefficient (Wildman–Crippen LogP) is 1.12. The Kier molecular flexibility index (Phi) is 3.94. The van der Waals surface area contributed by atoms with Gasteiger partial charge in [-0.05, 0) is 0 Å². The van der Waals surface area contributed by atoms with Crippen LogP contribution in [0.3, 0.4) is 0 Å². The number of amides is 2. The van der Waals surface area contributed by atoms with Gasteiger partial charge in [-0.3, -0.25) is 9.59 Å². The first-order valence-corrected chi connectivity index (χ1v) is 6.73. The summed E-state index contributed by atoms with van der Waals surface area (Å²) in [7, 11) is 0. The van der Waals surface area contributed by atoms with Crippen molar-refractivity contribution in [3.63, 3.8) is 0 Å². The van der Waals surface area contributed by atoms with Crippen molar-refractivity contribution in [2.24, 2.45) is 5.41 Å². The van der Waals surface area contributed by atoms with Crippen LogP contribution < -0.4 is 5.32 Å². The molecule has 1 aliphatic rings. The third-order valence-corrected chi connectivity index (χ3v) is 3.22. The summed E-state index contributed by atoms with van der Waals surface area (Å²) < 4.78 is 0. The lowest BCUT2D eigenvalue weighted by atomic mass is 9.94. The van der Waals surface area contributed by atoms with Gasteiger partial charge in [-0.15, -0.1) is 0 Å². The lowest BCUT2D eigenvalue weighted by Crippen LogP contribution is -2.62. The summed E-state index contributed by atoms with van der Waals surface area (Å²) in [4.78, 5) is 33.2. The summed E-state index contributed by atoms with van der Waals surface area (Å²) in [5.74, 6) is -0.212. The van der Waals surface area contributed by atoms with Crippen molar-refractivity contribution in [2.75, 3.05) is 13.1 Å². The number of nitrogens with zero attached hydrogens (tertiary/aromatic N) is 3. The van der Waals surface area contributed by atoms with Gasteiger partial charge in [0.15, 0.2) is 0 Å². The highest BCUT2D eigenvalue weighted by Gasteiger charge is 2.34. The molecule has 108 valence electrons. The normalized spacial score (nSPS) is 15.7. The van der Waals surface area contributed by atoms with E-state index in [9.17, 15) is 9.59 Å². The van der Waals surface area contributed by atoms with Gasteiger partial charge in [0.25, 0.3) is 5.91 Å². The fourth-order valence-corrected chi connectivity index (χ4v) is 1.82. The van der Waals surface area contributed by atoms with E-state index in [0.717, 1.165) is 0 Å². The van der Waals surface area contributed by atoms with Crippen molar-refractivity contribution >= 4 is 23.4 Å². The molecule has 2 rings (SSSR count). The van der Waals surface area contributed by atoms with Gasteiger partial charge in [0, 0.05) is 18.5 Å². The zero-order valence-corrected chi connectivity index (χ0v) is 12.4. The molecule has 0 atom stereocenters. The smallest absolute Gasteiger partial charge is 0.274 e. The van der Waals surface area contributed by atoms with Gasteiger partial charge in [-0.1, -0.05) is 32.4 Å². The molecule has 0 radical (unpaired) electrons. The standard InChI is InChI=1S/C13H17ClN4O2/c1-13(2,3)12(20)17-8-6-18(7-8)11(19)9-4-16-10(14)5-15-9/h4-5,8H,6-7H2,1-3H3,(H,17,20). The van der Waals surface area contributed by atoms with Gasteiger partial charge in [-0.25, -0.2) is 9.97 Å². The fraction of sp³-hybridized carbons (Fsp3) is 0.538. The van der Waals surface area contributed by atoms with Crippen molar-refractivity contribution in [2.45, 2.75) is 26.8 Å². The number of hydrogen-bond acceptors (Lipinski definition) is 4. The average molecular weight is 297 g/mol. The number of likely N-dealkylation sites (tertiary alicyclic amines) is 1. The molecule has 2 heterocycles. The van der Waals surface area contributed by atoms with Crippen molar-refractivity contribution in [1.82, 2.24) is 20.2 Å². The van der Waals surface area contributed by atoms with Crippen LogP contribution in [-0.4, -0.2) is 45.8 Å². The van der Waals surface area contributed by atoms with Crippen LogP contribution in [-0.2, 0) is 4.79 Å². The molecule has 7 heteroatoms. The minimum atomic E-state index is -0.425. The van der Waals surface area contributed by atoms with Crippen LogP contribution in [0.5, 0.6) is 0 Å². The Morgan fingerprint density at radius 1 is 1.30 bits per heavy atom. The van der Waals surface area contributed by atoms with Gasteiger partial charge >= 0.3 is 0 Å². The first-order valence-electron chi connectivity index (χ1n) is 6.35. The molecule has 0 saturated carbocycles. The summed E-state index contributed by atoms with van der Waals surface area (Å²) in [6.07, 6.45) is 2.69. The van der Waals surface area contributed by atoms with Crippen LogP contribution in [0.1, 0.15) is 31.3 Å². The Hall–Kier alpha value is -1.69. The molecule has 0 unspecified atom stereocenters. The molecule has 6 nitrogen and oxygen atoms in total. The van der Waals surface area contributed by atoms with E-state index in [2.05, 4.69) is 15.3 Å². The van der Waals surface area contributed by atoms with E-state index in [4.69, 9.17) is 11.6 Å².